The number of nitrogen functional groups attached to an aromatic ring is 1. The number of nitrogens with zero attached hydrogens (tertiary/aromatic N) is 2. The van der Waals surface area contributed by atoms with Crippen LogP contribution in [0.3, 0.4) is 0 Å². The third kappa shape index (κ3) is 6.17. The van der Waals surface area contributed by atoms with Gasteiger partial charge < -0.3 is 21.2 Å². The smallest absolute Gasteiger partial charge is 0.273 e. The van der Waals surface area contributed by atoms with E-state index in [1.165, 1.54) is 29.7 Å². The summed E-state index contributed by atoms with van der Waals surface area (Å²) >= 11 is 0.772. The largest absolute Gasteiger partial charge is 0.464 e. The van der Waals surface area contributed by atoms with Crippen LogP contribution in [0.1, 0.15) is 86.9 Å². The quantitative estimate of drug-likeness (QED) is 0.243. The van der Waals surface area contributed by atoms with E-state index in [1.807, 2.05) is 54.6 Å². The normalized spacial score (nSPS) is 14.4. The lowest BCUT2D eigenvalue weighted by atomic mass is 9.84. The Morgan fingerprint density at radius 3 is 2.34 bits per heavy atom. The molecule has 5 N–H and O–H groups in total. The lowest BCUT2D eigenvalue weighted by Crippen LogP contribution is -2.43. The van der Waals surface area contributed by atoms with E-state index in [0.29, 0.717) is 17.4 Å². The van der Waals surface area contributed by atoms with Gasteiger partial charge in [-0.2, -0.15) is 4.37 Å². The Morgan fingerprint density at radius 2 is 1.73 bits per heavy atom. The van der Waals surface area contributed by atoms with Crippen LogP contribution in [-0.4, -0.2) is 22.1 Å². The molecule has 2 aromatic heterocycles. The van der Waals surface area contributed by atoms with E-state index in [1.54, 1.807) is 19.1 Å². The molecule has 2 aromatic carbocycles. The van der Waals surface area contributed by atoms with Crippen LogP contribution in [0.25, 0.3) is 0 Å². The predicted octanol–water partition coefficient (Wildman–Crippen LogP) is 5.48. The molecule has 1 aliphatic rings. The number of hydrogen-bond acceptors (Lipinski definition) is 7. The van der Waals surface area contributed by atoms with E-state index in [2.05, 4.69) is 9.69 Å². The maximum atomic E-state index is 14.2. The van der Waals surface area contributed by atoms with Crippen molar-refractivity contribution in [2.24, 2.45) is 5.73 Å². The van der Waals surface area contributed by atoms with E-state index >= 15 is 0 Å². The number of aromatic nitrogens is 1. The second kappa shape index (κ2) is 12.4. The average Bonchev–Trinajstić information content (AvgIpc) is 3.60. The van der Waals surface area contributed by atoms with Crippen molar-refractivity contribution in [2.45, 2.75) is 57.5 Å². The molecular weight excluding hydrogens is 538 g/mol. The van der Waals surface area contributed by atoms with Crippen LogP contribution in [0.2, 0.25) is 0 Å². The molecule has 212 valence electrons. The molecule has 0 bridgehead atoms. The van der Waals surface area contributed by atoms with Gasteiger partial charge in [-0.15, -0.1) is 0 Å². The molecule has 3 amide bonds. The number of anilines is 2. The summed E-state index contributed by atoms with van der Waals surface area (Å²) in [5.74, 6) is -0.516. The summed E-state index contributed by atoms with van der Waals surface area (Å²) in [5, 5.41) is 2.95. The van der Waals surface area contributed by atoms with Gasteiger partial charge in [0.25, 0.3) is 17.7 Å². The highest BCUT2D eigenvalue weighted by molar-refractivity contribution is 7.09. The number of amides is 3. The van der Waals surface area contributed by atoms with E-state index < -0.39 is 23.8 Å². The molecule has 9 nitrogen and oxygen atoms in total. The van der Waals surface area contributed by atoms with Crippen LogP contribution in [0.4, 0.5) is 11.4 Å². The molecule has 0 radical (unpaired) electrons. The fourth-order valence-electron chi connectivity index (χ4n) is 5.32. The van der Waals surface area contributed by atoms with E-state index in [0.717, 1.165) is 29.9 Å². The average molecular weight is 572 g/mol. The van der Waals surface area contributed by atoms with Gasteiger partial charge in [0.1, 0.15) is 16.4 Å². The second-order valence-electron chi connectivity index (χ2n) is 10.3. The Labute approximate surface area is 242 Å². The van der Waals surface area contributed by atoms with Gasteiger partial charge in [0.15, 0.2) is 11.7 Å². The predicted molar refractivity (Wildman–Crippen MR) is 159 cm³/mol. The van der Waals surface area contributed by atoms with Crippen molar-refractivity contribution in [1.82, 2.24) is 9.69 Å². The molecule has 0 saturated heterocycles. The molecule has 1 aliphatic carbocycles. The minimum Gasteiger partial charge on any atom is -0.464 e. The Bertz CT molecular complexity index is 1520. The van der Waals surface area contributed by atoms with E-state index in [4.69, 9.17) is 15.9 Å². The summed E-state index contributed by atoms with van der Waals surface area (Å²) in [6.45, 7) is 2.03. The fourth-order valence-corrected chi connectivity index (χ4v) is 6.06. The van der Waals surface area contributed by atoms with Crippen molar-refractivity contribution in [3.8, 4) is 0 Å². The standard InChI is InChI=1S/C31H33N5O4S/c1-19-12-17-24(40-19)27(30(38)34-18-20-8-4-2-5-9-20)36(31(39)28-25(32)26(29(33)37)35-41-28)23-15-13-22(14-16-23)21-10-6-3-7-11-21/h2,4-5,8-9,12-17,21,27H,3,6-7,10-11,18,32H2,1H3,(H2,33,37)(H,34,38)/t27-/m0/s1. The summed E-state index contributed by atoms with van der Waals surface area (Å²) in [6, 6.07) is 19.5. The van der Waals surface area contributed by atoms with Gasteiger partial charge >= 0.3 is 0 Å². The number of primary amides is 1. The van der Waals surface area contributed by atoms with Gasteiger partial charge in [-0.05, 0) is 72.6 Å². The number of hydrogen-bond donors (Lipinski definition) is 3. The number of furan rings is 1. The highest BCUT2D eigenvalue weighted by Crippen LogP contribution is 2.37. The molecular formula is C31H33N5O4S. The Morgan fingerprint density at radius 1 is 1.02 bits per heavy atom. The fraction of sp³-hybridized carbons (Fsp3) is 0.290. The molecule has 1 fully saturated rings. The Kier molecular flexibility index (Phi) is 8.49. The second-order valence-corrected chi connectivity index (χ2v) is 11.1. The zero-order valence-corrected chi connectivity index (χ0v) is 23.7. The SMILES string of the molecule is Cc1ccc([C@@H](C(=O)NCc2ccccc2)N(C(=O)c2snc(C(N)=O)c2N)c2ccc(C3CCCCC3)cc2)o1. The number of nitrogens with one attached hydrogen (secondary N) is 1. The summed E-state index contributed by atoms with van der Waals surface area (Å²) in [4.78, 5) is 41.4. The lowest BCUT2D eigenvalue weighted by Gasteiger charge is -2.30. The highest BCUT2D eigenvalue weighted by Gasteiger charge is 2.38. The minimum atomic E-state index is -1.17. The zero-order chi connectivity index (χ0) is 28.9. The number of aryl methyl sites for hydroxylation is 1. The summed E-state index contributed by atoms with van der Waals surface area (Å²) in [6.07, 6.45) is 5.91. The molecule has 0 spiro atoms. The third-order valence-electron chi connectivity index (χ3n) is 7.47. The zero-order valence-electron chi connectivity index (χ0n) is 22.8. The molecule has 1 saturated carbocycles. The van der Waals surface area contributed by atoms with Gasteiger partial charge in [0.05, 0.1) is 5.69 Å². The molecule has 5 rings (SSSR count). The molecule has 10 heteroatoms. The third-order valence-corrected chi connectivity index (χ3v) is 8.32. The van der Waals surface area contributed by atoms with Crippen molar-refractivity contribution >= 4 is 40.6 Å². The van der Waals surface area contributed by atoms with E-state index in [-0.39, 0.29) is 28.6 Å². The topological polar surface area (TPSA) is 145 Å². The number of benzene rings is 2. The Hall–Kier alpha value is -4.44. The van der Waals surface area contributed by atoms with Gasteiger partial charge in [-0.3, -0.25) is 19.3 Å². The van der Waals surface area contributed by atoms with Crippen LogP contribution >= 0.6 is 11.5 Å². The first kappa shape index (κ1) is 28.1. The van der Waals surface area contributed by atoms with Crippen molar-refractivity contribution in [2.75, 3.05) is 10.6 Å². The van der Waals surface area contributed by atoms with Crippen LogP contribution in [0, 0.1) is 6.92 Å². The molecule has 0 unspecified atom stereocenters. The van der Waals surface area contributed by atoms with Gasteiger partial charge in [0, 0.05) is 12.2 Å². The first-order valence-corrected chi connectivity index (χ1v) is 14.5. The van der Waals surface area contributed by atoms with Crippen molar-refractivity contribution in [3.63, 3.8) is 0 Å². The molecule has 41 heavy (non-hydrogen) atoms. The van der Waals surface area contributed by atoms with E-state index in [9.17, 15) is 14.4 Å². The number of rotatable bonds is 9. The highest BCUT2D eigenvalue weighted by atomic mass is 32.1. The van der Waals surface area contributed by atoms with Gasteiger partial charge in [-0.1, -0.05) is 61.7 Å². The van der Waals surface area contributed by atoms with Crippen LogP contribution in [0.5, 0.6) is 0 Å². The summed E-state index contributed by atoms with van der Waals surface area (Å²) < 4.78 is 9.94. The lowest BCUT2D eigenvalue weighted by molar-refractivity contribution is -0.123. The molecule has 1 atom stereocenters. The minimum absolute atomic E-state index is 0.0132. The van der Waals surface area contributed by atoms with Crippen LogP contribution in [0.15, 0.2) is 71.1 Å². The monoisotopic (exact) mass is 571 g/mol. The molecule has 0 aliphatic heterocycles. The van der Waals surface area contributed by atoms with Crippen LogP contribution < -0.4 is 21.7 Å². The van der Waals surface area contributed by atoms with Crippen molar-refractivity contribution in [3.05, 3.63) is 99.9 Å². The number of nitrogens with two attached hydrogens (primary N) is 2. The maximum Gasteiger partial charge on any atom is 0.273 e. The van der Waals surface area contributed by atoms with Crippen LogP contribution in [-0.2, 0) is 11.3 Å². The Balaban J connectivity index is 1.56. The molecule has 4 aromatic rings. The maximum absolute atomic E-state index is 14.2. The number of carbonyl (C=O) groups is 3. The van der Waals surface area contributed by atoms with Crippen molar-refractivity contribution in [1.29, 1.82) is 0 Å². The van der Waals surface area contributed by atoms with Gasteiger partial charge in [-0.25, -0.2) is 0 Å². The first-order valence-electron chi connectivity index (χ1n) is 13.7. The van der Waals surface area contributed by atoms with Gasteiger partial charge in [0.2, 0.25) is 0 Å². The summed E-state index contributed by atoms with van der Waals surface area (Å²) in [5.41, 5.74) is 13.9. The number of carbonyl (C=O) groups excluding carboxylic acids is 3. The van der Waals surface area contributed by atoms with Crippen molar-refractivity contribution < 1.29 is 18.8 Å². The first-order chi connectivity index (χ1) is 19.8. The molecule has 2 heterocycles. The summed E-state index contributed by atoms with van der Waals surface area (Å²) in [7, 11) is 0.